The molecular formula is C11H23NO3S. The minimum Gasteiger partial charge on any atom is -0.395 e. The molecule has 0 aromatic carbocycles. The van der Waals surface area contributed by atoms with Crippen molar-refractivity contribution < 1.29 is 13.5 Å². The van der Waals surface area contributed by atoms with Crippen LogP contribution < -0.4 is 4.72 Å². The lowest BCUT2D eigenvalue weighted by atomic mass is 9.74. The topological polar surface area (TPSA) is 66.4 Å². The Bertz CT molecular complexity index is 343. The molecule has 0 spiro atoms. The zero-order valence-electron chi connectivity index (χ0n) is 10.7. The largest absolute Gasteiger partial charge is 0.395 e. The second-order valence-electron chi connectivity index (χ2n) is 6.05. The van der Waals surface area contributed by atoms with Gasteiger partial charge in [-0.05, 0) is 17.3 Å². The van der Waals surface area contributed by atoms with Crippen LogP contribution in [0.25, 0.3) is 0 Å². The summed E-state index contributed by atoms with van der Waals surface area (Å²) in [6, 6.07) is -0.102. The second kappa shape index (κ2) is 4.27. The van der Waals surface area contributed by atoms with Gasteiger partial charge in [-0.1, -0.05) is 34.6 Å². The van der Waals surface area contributed by atoms with Gasteiger partial charge in [0.05, 0.1) is 6.61 Å². The molecule has 0 aromatic heterocycles. The highest BCUT2D eigenvalue weighted by Gasteiger charge is 2.51. The highest BCUT2D eigenvalue weighted by molar-refractivity contribution is 7.90. The van der Waals surface area contributed by atoms with Gasteiger partial charge in [0.15, 0.2) is 0 Å². The maximum Gasteiger partial charge on any atom is 0.217 e. The molecule has 1 rings (SSSR count). The number of hydrogen-bond acceptors (Lipinski definition) is 3. The zero-order chi connectivity index (χ0) is 12.7. The standard InChI is InChI=1S/C11H23NO3S/c1-7(2)9-8(6-13)16(14,15)12-10(9)11(3,4)5/h7-10,12-13H,6H2,1-5H3/t8-,9-,10+/m1/s1. The lowest BCUT2D eigenvalue weighted by Crippen LogP contribution is -2.42. The monoisotopic (exact) mass is 249 g/mol. The Morgan fingerprint density at radius 1 is 1.31 bits per heavy atom. The van der Waals surface area contributed by atoms with Crippen molar-refractivity contribution in [1.29, 1.82) is 0 Å². The van der Waals surface area contributed by atoms with E-state index in [9.17, 15) is 13.5 Å². The van der Waals surface area contributed by atoms with Gasteiger partial charge in [0.1, 0.15) is 5.25 Å². The van der Waals surface area contributed by atoms with Gasteiger partial charge < -0.3 is 5.11 Å². The van der Waals surface area contributed by atoms with Crippen LogP contribution in [0.2, 0.25) is 0 Å². The number of sulfonamides is 1. The molecule has 96 valence electrons. The van der Waals surface area contributed by atoms with Gasteiger partial charge in [-0.15, -0.1) is 0 Å². The molecule has 1 aliphatic heterocycles. The number of rotatable bonds is 2. The Hall–Kier alpha value is -0.130. The minimum atomic E-state index is -3.36. The molecule has 0 aliphatic carbocycles. The lowest BCUT2D eigenvalue weighted by molar-refractivity contribution is 0.165. The summed E-state index contributed by atoms with van der Waals surface area (Å²) in [5.41, 5.74) is -0.133. The first-order valence-electron chi connectivity index (χ1n) is 5.73. The Balaban J connectivity index is 3.15. The third kappa shape index (κ3) is 2.41. The predicted octanol–water partition coefficient (Wildman–Crippen LogP) is 0.967. The SMILES string of the molecule is CC(C)[C@@H]1[C@@H](CO)S(=O)(=O)N[C@@H]1C(C)(C)C. The molecule has 0 aromatic rings. The summed E-state index contributed by atoms with van der Waals surface area (Å²) in [4.78, 5) is 0. The third-order valence-corrected chi connectivity index (χ3v) is 5.23. The van der Waals surface area contributed by atoms with E-state index < -0.39 is 15.3 Å². The molecule has 1 saturated heterocycles. The van der Waals surface area contributed by atoms with Crippen molar-refractivity contribution in [2.75, 3.05) is 6.61 Å². The number of nitrogens with one attached hydrogen (secondary N) is 1. The molecular weight excluding hydrogens is 226 g/mol. The van der Waals surface area contributed by atoms with E-state index in [-0.39, 0.29) is 29.9 Å². The van der Waals surface area contributed by atoms with E-state index in [2.05, 4.69) is 4.72 Å². The number of hydrogen-bond donors (Lipinski definition) is 2. The van der Waals surface area contributed by atoms with Crippen molar-refractivity contribution in [3.8, 4) is 0 Å². The van der Waals surface area contributed by atoms with Crippen molar-refractivity contribution in [3.63, 3.8) is 0 Å². The van der Waals surface area contributed by atoms with Crippen molar-refractivity contribution in [2.45, 2.75) is 45.9 Å². The molecule has 1 heterocycles. The van der Waals surface area contributed by atoms with Crippen molar-refractivity contribution in [1.82, 2.24) is 4.72 Å². The zero-order valence-corrected chi connectivity index (χ0v) is 11.5. The van der Waals surface area contributed by atoms with Crippen molar-refractivity contribution in [3.05, 3.63) is 0 Å². The van der Waals surface area contributed by atoms with E-state index in [1.807, 2.05) is 34.6 Å². The fourth-order valence-corrected chi connectivity index (χ4v) is 4.67. The second-order valence-corrected chi connectivity index (χ2v) is 7.98. The lowest BCUT2D eigenvalue weighted by Gasteiger charge is -2.34. The highest BCUT2D eigenvalue weighted by atomic mass is 32.2. The van der Waals surface area contributed by atoms with E-state index in [1.54, 1.807) is 0 Å². The fraction of sp³-hybridized carbons (Fsp3) is 1.00. The summed E-state index contributed by atoms with van der Waals surface area (Å²) in [6.45, 7) is 9.79. The molecule has 1 fully saturated rings. The first-order chi connectivity index (χ1) is 7.11. The Morgan fingerprint density at radius 3 is 2.12 bits per heavy atom. The molecule has 0 unspecified atom stereocenters. The minimum absolute atomic E-state index is 0.0324. The molecule has 0 amide bonds. The van der Waals surface area contributed by atoms with Crippen molar-refractivity contribution >= 4 is 10.0 Å². The number of aliphatic hydroxyl groups is 1. The van der Waals surface area contributed by atoms with Gasteiger partial charge in [-0.2, -0.15) is 0 Å². The van der Waals surface area contributed by atoms with Crippen LogP contribution in [0.15, 0.2) is 0 Å². The summed E-state index contributed by atoms with van der Waals surface area (Å²) in [5.74, 6) is 0.196. The molecule has 0 bridgehead atoms. The summed E-state index contributed by atoms with van der Waals surface area (Å²) in [7, 11) is -3.36. The molecule has 3 atom stereocenters. The molecule has 2 N–H and O–H groups in total. The molecule has 5 heteroatoms. The van der Waals surface area contributed by atoms with Gasteiger partial charge >= 0.3 is 0 Å². The molecule has 4 nitrogen and oxygen atoms in total. The van der Waals surface area contributed by atoms with Crippen molar-refractivity contribution in [2.24, 2.45) is 17.3 Å². The highest BCUT2D eigenvalue weighted by Crippen LogP contribution is 2.39. The average molecular weight is 249 g/mol. The van der Waals surface area contributed by atoms with Gasteiger partial charge in [-0.3, -0.25) is 0 Å². The average Bonchev–Trinajstić information content (AvgIpc) is 2.35. The van der Waals surface area contributed by atoms with Crippen LogP contribution in [0, 0.1) is 17.3 Å². The third-order valence-electron chi connectivity index (χ3n) is 3.39. The Kier molecular flexibility index (Phi) is 3.72. The smallest absolute Gasteiger partial charge is 0.217 e. The van der Waals surface area contributed by atoms with E-state index in [4.69, 9.17) is 0 Å². The Labute approximate surface area is 98.5 Å². The van der Waals surface area contributed by atoms with Gasteiger partial charge in [-0.25, -0.2) is 13.1 Å². The maximum absolute atomic E-state index is 11.9. The summed E-state index contributed by atoms with van der Waals surface area (Å²) < 4.78 is 26.5. The van der Waals surface area contributed by atoms with Gasteiger partial charge in [0.2, 0.25) is 10.0 Å². The normalized spacial score (nSPS) is 34.6. The molecule has 0 radical (unpaired) electrons. The first kappa shape index (κ1) is 13.9. The number of aliphatic hydroxyl groups excluding tert-OH is 1. The van der Waals surface area contributed by atoms with Crippen LogP contribution in [0.4, 0.5) is 0 Å². The van der Waals surface area contributed by atoms with Crippen LogP contribution in [0.5, 0.6) is 0 Å². The maximum atomic E-state index is 11.9. The summed E-state index contributed by atoms with van der Waals surface area (Å²) >= 11 is 0. The van der Waals surface area contributed by atoms with E-state index in [0.717, 1.165) is 0 Å². The first-order valence-corrected chi connectivity index (χ1v) is 7.28. The molecule has 0 saturated carbocycles. The quantitative estimate of drug-likeness (QED) is 0.766. The summed E-state index contributed by atoms with van der Waals surface area (Å²) in [6.07, 6.45) is 0. The van der Waals surface area contributed by atoms with Crippen LogP contribution in [0.3, 0.4) is 0 Å². The van der Waals surface area contributed by atoms with E-state index >= 15 is 0 Å². The Morgan fingerprint density at radius 2 is 1.81 bits per heavy atom. The molecule has 16 heavy (non-hydrogen) atoms. The van der Waals surface area contributed by atoms with Crippen LogP contribution >= 0.6 is 0 Å². The van der Waals surface area contributed by atoms with Crippen LogP contribution in [-0.2, 0) is 10.0 Å². The fourth-order valence-electron chi connectivity index (χ4n) is 2.55. The van der Waals surface area contributed by atoms with E-state index in [0.29, 0.717) is 0 Å². The van der Waals surface area contributed by atoms with Gasteiger partial charge in [0.25, 0.3) is 0 Å². The van der Waals surface area contributed by atoms with Gasteiger partial charge in [0, 0.05) is 6.04 Å². The van der Waals surface area contributed by atoms with E-state index in [1.165, 1.54) is 0 Å². The van der Waals surface area contributed by atoms with Crippen LogP contribution in [-0.4, -0.2) is 31.4 Å². The summed E-state index contributed by atoms with van der Waals surface area (Å²) in [5, 5.41) is 8.62. The molecule has 1 aliphatic rings. The van der Waals surface area contributed by atoms with Crippen LogP contribution in [0.1, 0.15) is 34.6 Å². The predicted molar refractivity (Wildman–Crippen MR) is 64.5 cm³/mol.